The van der Waals surface area contributed by atoms with Gasteiger partial charge in [-0.25, -0.2) is 0 Å². The Morgan fingerprint density at radius 3 is 2.75 bits per heavy atom. The van der Waals surface area contributed by atoms with Crippen LogP contribution in [0.4, 0.5) is 0 Å². The molecule has 0 spiro atoms. The molecule has 12 heavy (non-hydrogen) atoms. The van der Waals surface area contributed by atoms with E-state index in [1.54, 1.807) is 11.3 Å². The van der Waals surface area contributed by atoms with Gasteiger partial charge in [0.05, 0.1) is 5.38 Å². The Labute approximate surface area is 75.7 Å². The smallest absolute Gasteiger partial charge is 0.108 e. The number of rotatable bonds is 1. The van der Waals surface area contributed by atoms with Gasteiger partial charge >= 0.3 is 0 Å². The monoisotopic (exact) mass is 177 g/mol. The molecule has 1 nitrogen and oxygen atoms in total. The molecule has 2 aromatic rings. The van der Waals surface area contributed by atoms with Crippen LogP contribution in [0.3, 0.4) is 0 Å². The average molecular weight is 177 g/mol. The number of furan rings is 1. The molecule has 0 saturated heterocycles. The molecule has 0 aliphatic carbocycles. The van der Waals surface area contributed by atoms with Gasteiger partial charge in [-0.05, 0) is 31.4 Å². The lowest BCUT2D eigenvalue weighted by Crippen LogP contribution is -1.70. The zero-order valence-electron chi connectivity index (χ0n) is 7.05. The van der Waals surface area contributed by atoms with Crippen LogP contribution in [0.25, 0.3) is 11.1 Å². The van der Waals surface area contributed by atoms with Crippen LogP contribution in [0.1, 0.15) is 11.5 Å². The number of thiophene rings is 1. The Morgan fingerprint density at radius 1 is 1.42 bits per heavy atom. The molecule has 0 N–H and O–H groups in total. The van der Waals surface area contributed by atoms with Crippen molar-refractivity contribution in [3.05, 3.63) is 34.4 Å². The van der Waals surface area contributed by atoms with Crippen molar-refractivity contribution in [2.75, 3.05) is 0 Å². The van der Waals surface area contributed by atoms with Crippen molar-refractivity contribution in [1.82, 2.24) is 0 Å². The molecular weight excluding hydrogens is 168 g/mol. The maximum absolute atomic E-state index is 5.42. The van der Waals surface area contributed by atoms with E-state index in [2.05, 4.69) is 11.4 Å². The van der Waals surface area contributed by atoms with Crippen LogP contribution >= 0.6 is 11.3 Å². The van der Waals surface area contributed by atoms with Crippen molar-refractivity contribution in [2.45, 2.75) is 13.8 Å². The van der Waals surface area contributed by atoms with Gasteiger partial charge in [-0.15, -0.1) is 11.3 Å². The average Bonchev–Trinajstić information content (AvgIpc) is 2.58. The van der Waals surface area contributed by atoms with Crippen molar-refractivity contribution in [3.63, 3.8) is 0 Å². The van der Waals surface area contributed by atoms with Crippen LogP contribution in [0.2, 0.25) is 0 Å². The standard InChI is InChI=1S/C10H9OS/c1-7-5-10(8(2)11-7)9-3-4-12-6-9/h3-5H,1-2H3. The van der Waals surface area contributed by atoms with Crippen LogP contribution in [-0.4, -0.2) is 0 Å². The van der Waals surface area contributed by atoms with Crippen LogP contribution < -0.4 is 0 Å². The zero-order chi connectivity index (χ0) is 8.55. The van der Waals surface area contributed by atoms with Crippen molar-refractivity contribution in [1.29, 1.82) is 0 Å². The highest BCUT2D eigenvalue weighted by Gasteiger charge is 2.06. The van der Waals surface area contributed by atoms with Gasteiger partial charge in [0.25, 0.3) is 0 Å². The van der Waals surface area contributed by atoms with E-state index in [1.165, 1.54) is 0 Å². The fourth-order valence-corrected chi connectivity index (χ4v) is 1.85. The minimum absolute atomic E-state index is 0.960. The molecule has 0 aliphatic heterocycles. The Balaban J connectivity index is 2.54. The lowest BCUT2D eigenvalue weighted by atomic mass is 10.1. The summed E-state index contributed by atoms with van der Waals surface area (Å²) < 4.78 is 5.42. The summed E-state index contributed by atoms with van der Waals surface area (Å²) in [5.41, 5.74) is 2.29. The Morgan fingerprint density at radius 2 is 2.25 bits per heavy atom. The second-order valence-corrected chi connectivity index (χ2v) is 3.48. The van der Waals surface area contributed by atoms with Gasteiger partial charge in [-0.3, -0.25) is 0 Å². The Bertz CT molecular complexity index is 370. The van der Waals surface area contributed by atoms with E-state index >= 15 is 0 Å². The SMILES string of the molecule is Cc1cc(-c2[c]scc2)c(C)o1. The lowest BCUT2D eigenvalue weighted by Gasteiger charge is -1.90. The second kappa shape index (κ2) is 2.79. The van der Waals surface area contributed by atoms with Gasteiger partial charge in [0.1, 0.15) is 11.5 Å². The highest BCUT2D eigenvalue weighted by atomic mass is 32.1. The minimum Gasteiger partial charge on any atom is -0.466 e. The fourth-order valence-electron chi connectivity index (χ4n) is 1.28. The van der Waals surface area contributed by atoms with Gasteiger partial charge in [0.2, 0.25) is 0 Å². The highest BCUT2D eigenvalue weighted by Crippen LogP contribution is 2.27. The third-order valence-electron chi connectivity index (χ3n) is 1.80. The molecule has 2 heteroatoms. The van der Waals surface area contributed by atoms with E-state index in [4.69, 9.17) is 4.42 Å². The lowest BCUT2D eigenvalue weighted by molar-refractivity contribution is 0.505. The molecule has 2 heterocycles. The minimum atomic E-state index is 0.960. The molecule has 2 aromatic heterocycles. The predicted molar refractivity (Wildman–Crippen MR) is 50.3 cm³/mol. The van der Waals surface area contributed by atoms with E-state index in [0.717, 1.165) is 22.6 Å². The molecule has 0 fully saturated rings. The third kappa shape index (κ3) is 1.18. The predicted octanol–water partition coefficient (Wildman–Crippen LogP) is 3.43. The van der Waals surface area contributed by atoms with Crippen LogP contribution in [0, 0.1) is 19.2 Å². The molecule has 2 rings (SSSR count). The summed E-state index contributed by atoms with van der Waals surface area (Å²) in [6.45, 7) is 3.94. The Hall–Kier alpha value is -1.02. The van der Waals surface area contributed by atoms with Crippen molar-refractivity contribution >= 4 is 11.3 Å². The van der Waals surface area contributed by atoms with Crippen LogP contribution in [0.5, 0.6) is 0 Å². The van der Waals surface area contributed by atoms with E-state index in [0.29, 0.717) is 0 Å². The van der Waals surface area contributed by atoms with Gasteiger partial charge in [0.15, 0.2) is 0 Å². The summed E-state index contributed by atoms with van der Waals surface area (Å²) >= 11 is 1.59. The first-order valence-electron chi connectivity index (χ1n) is 3.80. The molecule has 0 aromatic carbocycles. The maximum Gasteiger partial charge on any atom is 0.108 e. The van der Waals surface area contributed by atoms with E-state index in [9.17, 15) is 0 Å². The molecule has 0 bridgehead atoms. The third-order valence-corrected chi connectivity index (χ3v) is 2.41. The maximum atomic E-state index is 5.42. The van der Waals surface area contributed by atoms with Crippen molar-refractivity contribution in [2.24, 2.45) is 0 Å². The van der Waals surface area contributed by atoms with Gasteiger partial charge in [-0.1, -0.05) is 0 Å². The molecule has 0 amide bonds. The van der Waals surface area contributed by atoms with E-state index in [1.807, 2.05) is 25.3 Å². The summed E-state index contributed by atoms with van der Waals surface area (Å²) in [7, 11) is 0. The Kier molecular flexibility index (Phi) is 1.77. The molecule has 0 unspecified atom stereocenters. The molecule has 61 valence electrons. The highest BCUT2D eigenvalue weighted by molar-refractivity contribution is 7.07. The van der Waals surface area contributed by atoms with Crippen LogP contribution in [-0.2, 0) is 0 Å². The molecule has 0 saturated carbocycles. The van der Waals surface area contributed by atoms with Gasteiger partial charge in [0, 0.05) is 11.1 Å². The number of aryl methyl sites for hydroxylation is 2. The summed E-state index contributed by atoms with van der Waals surface area (Å²) in [4.78, 5) is 0. The largest absolute Gasteiger partial charge is 0.466 e. The summed E-state index contributed by atoms with van der Waals surface area (Å²) in [6.07, 6.45) is 0. The van der Waals surface area contributed by atoms with Gasteiger partial charge in [-0.2, -0.15) is 0 Å². The first kappa shape index (κ1) is 7.62. The van der Waals surface area contributed by atoms with E-state index < -0.39 is 0 Å². The normalized spacial score (nSPS) is 10.5. The quantitative estimate of drug-likeness (QED) is 0.650. The first-order chi connectivity index (χ1) is 5.77. The van der Waals surface area contributed by atoms with E-state index in [-0.39, 0.29) is 0 Å². The van der Waals surface area contributed by atoms with Crippen molar-refractivity contribution < 1.29 is 4.42 Å². The summed E-state index contributed by atoms with van der Waals surface area (Å²) in [5.74, 6) is 1.93. The van der Waals surface area contributed by atoms with Gasteiger partial charge < -0.3 is 4.42 Å². The molecule has 1 radical (unpaired) electrons. The summed E-state index contributed by atoms with van der Waals surface area (Å²) in [6, 6.07) is 4.11. The number of hydrogen-bond donors (Lipinski definition) is 0. The topological polar surface area (TPSA) is 13.1 Å². The fraction of sp³-hybridized carbons (Fsp3) is 0.200. The molecule has 0 aliphatic rings. The molecular formula is C10H9OS. The molecule has 0 atom stereocenters. The zero-order valence-corrected chi connectivity index (χ0v) is 7.87. The van der Waals surface area contributed by atoms with Crippen molar-refractivity contribution in [3.8, 4) is 11.1 Å². The second-order valence-electron chi connectivity index (χ2n) is 2.76. The summed E-state index contributed by atoms with van der Waals surface area (Å²) in [5, 5.41) is 5.21. The number of hydrogen-bond acceptors (Lipinski definition) is 2. The van der Waals surface area contributed by atoms with Crippen LogP contribution in [0.15, 0.2) is 21.9 Å². The first-order valence-corrected chi connectivity index (χ1v) is 4.68.